The molecule has 0 aromatic heterocycles. The second kappa shape index (κ2) is 9.73. The molecule has 1 fully saturated rings. The molecular weight excluding hydrogens is 228 g/mol. The Hall–Kier alpha value is -0.160. The molecule has 1 rings (SSSR count). The Bertz CT molecular complexity index is 196. The smallest absolute Gasteiger partial charge is 0.0630 e. The second-order valence-electron chi connectivity index (χ2n) is 5.31. The first-order chi connectivity index (χ1) is 8.77. The molecule has 1 unspecified atom stereocenters. The Kier molecular flexibility index (Phi) is 8.59. The zero-order valence-electron chi connectivity index (χ0n) is 12.3. The maximum Gasteiger partial charge on any atom is 0.0630 e. The fraction of sp³-hybridized carbons (Fsp3) is 1.00. The summed E-state index contributed by atoms with van der Waals surface area (Å²) in [6, 6.07) is 0.476. The number of hydrogen-bond acceptors (Lipinski definition) is 4. The van der Waals surface area contributed by atoms with Crippen LogP contribution < -0.4 is 5.32 Å². The first kappa shape index (κ1) is 15.9. The lowest BCUT2D eigenvalue weighted by atomic mass is 9.99. The Morgan fingerprint density at radius 1 is 1.39 bits per heavy atom. The molecule has 1 saturated heterocycles. The van der Waals surface area contributed by atoms with Crippen LogP contribution in [0.5, 0.6) is 0 Å². The van der Waals surface area contributed by atoms with Crippen molar-refractivity contribution in [3.8, 4) is 0 Å². The summed E-state index contributed by atoms with van der Waals surface area (Å²) in [4.78, 5) is 2.45. The molecule has 0 aliphatic carbocycles. The van der Waals surface area contributed by atoms with E-state index in [9.17, 15) is 0 Å². The van der Waals surface area contributed by atoms with Crippen molar-refractivity contribution < 1.29 is 9.47 Å². The van der Waals surface area contributed by atoms with Gasteiger partial charge in [0.2, 0.25) is 0 Å². The summed E-state index contributed by atoms with van der Waals surface area (Å²) in [6.07, 6.45) is 3.59. The topological polar surface area (TPSA) is 33.7 Å². The normalized spacial score (nSPS) is 19.3. The molecule has 0 aromatic carbocycles. The van der Waals surface area contributed by atoms with E-state index in [4.69, 9.17) is 9.47 Å². The van der Waals surface area contributed by atoms with E-state index >= 15 is 0 Å². The van der Waals surface area contributed by atoms with Gasteiger partial charge in [-0.3, -0.25) is 4.90 Å². The van der Waals surface area contributed by atoms with Crippen LogP contribution in [0.1, 0.15) is 26.2 Å². The van der Waals surface area contributed by atoms with Crippen LogP contribution >= 0.6 is 0 Å². The van der Waals surface area contributed by atoms with E-state index in [0.717, 1.165) is 45.4 Å². The SMILES string of the molecule is CCCNCC(COC)N(C)CC1CCOCC1. The molecule has 0 amide bonds. The Labute approximate surface area is 112 Å². The van der Waals surface area contributed by atoms with Gasteiger partial charge >= 0.3 is 0 Å². The molecule has 0 aromatic rings. The highest BCUT2D eigenvalue weighted by atomic mass is 16.5. The van der Waals surface area contributed by atoms with Crippen molar-refractivity contribution in [3.63, 3.8) is 0 Å². The largest absolute Gasteiger partial charge is 0.383 e. The number of hydrogen-bond donors (Lipinski definition) is 1. The van der Waals surface area contributed by atoms with Crippen LogP contribution in [-0.4, -0.2) is 64.6 Å². The van der Waals surface area contributed by atoms with Gasteiger partial charge in [-0.2, -0.15) is 0 Å². The van der Waals surface area contributed by atoms with E-state index in [1.165, 1.54) is 19.3 Å². The van der Waals surface area contributed by atoms with Crippen molar-refractivity contribution in [2.24, 2.45) is 5.92 Å². The van der Waals surface area contributed by atoms with Crippen LogP contribution in [-0.2, 0) is 9.47 Å². The van der Waals surface area contributed by atoms with Crippen molar-refractivity contribution in [2.45, 2.75) is 32.2 Å². The summed E-state index contributed by atoms with van der Waals surface area (Å²) >= 11 is 0. The molecule has 4 nitrogen and oxygen atoms in total. The average Bonchev–Trinajstić information content (AvgIpc) is 2.39. The van der Waals surface area contributed by atoms with Gasteiger partial charge in [-0.1, -0.05) is 6.92 Å². The van der Waals surface area contributed by atoms with E-state index < -0.39 is 0 Å². The summed E-state index contributed by atoms with van der Waals surface area (Å²) in [6.45, 7) is 8.13. The summed E-state index contributed by atoms with van der Waals surface area (Å²) in [7, 11) is 4.00. The Morgan fingerprint density at radius 3 is 2.72 bits per heavy atom. The maximum absolute atomic E-state index is 5.41. The maximum atomic E-state index is 5.41. The summed E-state index contributed by atoms with van der Waals surface area (Å²) < 4.78 is 10.8. The van der Waals surface area contributed by atoms with Crippen LogP contribution in [0.4, 0.5) is 0 Å². The van der Waals surface area contributed by atoms with Gasteiger partial charge in [0.05, 0.1) is 6.61 Å². The molecule has 108 valence electrons. The lowest BCUT2D eigenvalue weighted by molar-refractivity contribution is 0.0400. The number of nitrogens with one attached hydrogen (secondary N) is 1. The molecule has 1 atom stereocenters. The third-order valence-corrected chi connectivity index (χ3v) is 3.68. The zero-order chi connectivity index (χ0) is 13.2. The molecule has 1 heterocycles. The minimum Gasteiger partial charge on any atom is -0.383 e. The Morgan fingerprint density at radius 2 is 2.11 bits per heavy atom. The van der Waals surface area contributed by atoms with Gasteiger partial charge in [0, 0.05) is 39.5 Å². The predicted molar refractivity (Wildman–Crippen MR) is 75.0 cm³/mol. The van der Waals surface area contributed by atoms with E-state index in [1.807, 2.05) is 0 Å². The quantitative estimate of drug-likeness (QED) is 0.633. The molecule has 1 aliphatic rings. The van der Waals surface area contributed by atoms with Crippen LogP contribution in [0, 0.1) is 5.92 Å². The summed E-state index contributed by atoms with van der Waals surface area (Å²) in [5, 5.41) is 3.49. The first-order valence-corrected chi connectivity index (χ1v) is 7.25. The average molecular weight is 258 g/mol. The van der Waals surface area contributed by atoms with Crippen LogP contribution in [0.15, 0.2) is 0 Å². The summed E-state index contributed by atoms with van der Waals surface area (Å²) in [5.74, 6) is 0.786. The molecule has 1 N–H and O–H groups in total. The molecule has 0 bridgehead atoms. The van der Waals surface area contributed by atoms with E-state index in [-0.39, 0.29) is 0 Å². The van der Waals surface area contributed by atoms with E-state index in [2.05, 4.69) is 24.2 Å². The van der Waals surface area contributed by atoms with Crippen molar-refractivity contribution in [1.82, 2.24) is 10.2 Å². The van der Waals surface area contributed by atoms with Gasteiger partial charge in [0.25, 0.3) is 0 Å². The van der Waals surface area contributed by atoms with Crippen molar-refractivity contribution in [3.05, 3.63) is 0 Å². The number of nitrogens with zero attached hydrogens (tertiary/aromatic N) is 1. The third kappa shape index (κ3) is 6.14. The van der Waals surface area contributed by atoms with E-state index in [0.29, 0.717) is 6.04 Å². The van der Waals surface area contributed by atoms with Crippen LogP contribution in [0.3, 0.4) is 0 Å². The third-order valence-electron chi connectivity index (χ3n) is 3.68. The molecule has 0 spiro atoms. The fourth-order valence-corrected chi connectivity index (χ4v) is 2.47. The van der Waals surface area contributed by atoms with Crippen LogP contribution in [0.25, 0.3) is 0 Å². The van der Waals surface area contributed by atoms with Gasteiger partial charge in [0.1, 0.15) is 0 Å². The first-order valence-electron chi connectivity index (χ1n) is 7.25. The predicted octanol–water partition coefficient (Wildman–Crippen LogP) is 1.36. The van der Waals surface area contributed by atoms with E-state index in [1.54, 1.807) is 7.11 Å². The van der Waals surface area contributed by atoms with Crippen LogP contribution in [0.2, 0.25) is 0 Å². The molecule has 0 radical (unpaired) electrons. The zero-order valence-corrected chi connectivity index (χ0v) is 12.3. The van der Waals surface area contributed by atoms with Crippen molar-refractivity contribution in [2.75, 3.05) is 53.6 Å². The fourth-order valence-electron chi connectivity index (χ4n) is 2.47. The number of ether oxygens (including phenoxy) is 2. The number of methoxy groups -OCH3 is 1. The van der Waals surface area contributed by atoms with Gasteiger partial charge < -0.3 is 14.8 Å². The summed E-state index contributed by atoms with van der Waals surface area (Å²) in [5.41, 5.74) is 0. The highest BCUT2D eigenvalue weighted by Gasteiger charge is 2.20. The molecule has 0 saturated carbocycles. The number of likely N-dealkylation sites (N-methyl/N-ethyl adjacent to an activating group) is 1. The minimum atomic E-state index is 0.476. The van der Waals surface area contributed by atoms with Gasteiger partial charge in [-0.15, -0.1) is 0 Å². The van der Waals surface area contributed by atoms with Gasteiger partial charge in [-0.05, 0) is 38.8 Å². The lowest BCUT2D eigenvalue weighted by Crippen LogP contribution is -2.45. The number of rotatable bonds is 9. The standard InChI is InChI=1S/C14H30N2O2/c1-4-7-15-10-14(12-17-3)16(2)11-13-5-8-18-9-6-13/h13-15H,4-12H2,1-3H3. The highest BCUT2D eigenvalue weighted by molar-refractivity contribution is 4.75. The van der Waals surface area contributed by atoms with Gasteiger partial charge in [-0.25, -0.2) is 0 Å². The van der Waals surface area contributed by atoms with Crippen molar-refractivity contribution >= 4 is 0 Å². The molecular formula is C14H30N2O2. The van der Waals surface area contributed by atoms with Gasteiger partial charge in [0.15, 0.2) is 0 Å². The molecule has 4 heteroatoms. The lowest BCUT2D eigenvalue weighted by Gasteiger charge is -2.32. The highest BCUT2D eigenvalue weighted by Crippen LogP contribution is 2.16. The molecule has 18 heavy (non-hydrogen) atoms. The molecule has 1 aliphatic heterocycles. The minimum absolute atomic E-state index is 0.476. The second-order valence-corrected chi connectivity index (χ2v) is 5.31. The monoisotopic (exact) mass is 258 g/mol. The Balaban J connectivity index is 2.29. The van der Waals surface area contributed by atoms with Crippen molar-refractivity contribution in [1.29, 1.82) is 0 Å².